The van der Waals surface area contributed by atoms with Crippen LogP contribution in [0.4, 0.5) is 11.4 Å². The molecule has 2 aromatic rings. The van der Waals surface area contributed by atoms with Gasteiger partial charge in [-0.2, -0.15) is 0 Å². The number of imidazole rings is 1. The Bertz CT molecular complexity index is 583. The fourth-order valence-electron chi connectivity index (χ4n) is 1.61. The average Bonchev–Trinajstić information content (AvgIpc) is 2.68. The topological polar surface area (TPSA) is 84.2 Å². The number of aromatic nitrogens is 2. The highest BCUT2D eigenvalue weighted by Gasteiger charge is 2.10. The van der Waals surface area contributed by atoms with E-state index in [9.17, 15) is 9.90 Å². The highest BCUT2D eigenvalue weighted by atomic mass is 35.5. The molecule has 0 unspecified atom stereocenters. The molecule has 4 N–H and O–H groups in total. The van der Waals surface area contributed by atoms with Crippen LogP contribution in [0.5, 0.6) is 5.75 Å². The maximum Gasteiger partial charge on any atom is 0.266 e. The Labute approximate surface area is 116 Å². The fourth-order valence-corrected chi connectivity index (χ4v) is 1.61. The van der Waals surface area contributed by atoms with Crippen molar-refractivity contribution in [3.63, 3.8) is 0 Å². The van der Waals surface area contributed by atoms with Crippen LogP contribution in [0.3, 0.4) is 0 Å². The Morgan fingerprint density at radius 3 is 2.84 bits per heavy atom. The second-order valence-electron chi connectivity index (χ2n) is 4.08. The van der Waals surface area contributed by atoms with Gasteiger partial charge in [-0.3, -0.25) is 4.79 Å². The van der Waals surface area contributed by atoms with Crippen LogP contribution in [-0.2, 0) is 18.4 Å². The zero-order valence-electron chi connectivity index (χ0n) is 10.4. The minimum Gasteiger partial charge on any atom is -1.00 e. The molecule has 19 heavy (non-hydrogen) atoms. The molecule has 0 bridgehead atoms. The molecule has 0 aliphatic heterocycles. The largest absolute Gasteiger partial charge is 1.00 e. The first-order valence-corrected chi connectivity index (χ1v) is 5.44. The van der Waals surface area contributed by atoms with E-state index in [4.69, 9.17) is 5.73 Å². The molecule has 0 aliphatic carbocycles. The van der Waals surface area contributed by atoms with Gasteiger partial charge in [0.1, 0.15) is 18.1 Å². The van der Waals surface area contributed by atoms with E-state index in [0.717, 1.165) is 0 Å². The molecule has 0 fully saturated rings. The number of nitrogens with zero attached hydrogens (tertiary/aromatic N) is 2. The first-order valence-electron chi connectivity index (χ1n) is 5.44. The molecule has 1 aromatic heterocycles. The number of carbonyl (C=O) groups excluding carboxylic acids is 1. The summed E-state index contributed by atoms with van der Waals surface area (Å²) in [6.45, 7) is 0.185. The molecule has 7 heteroatoms. The summed E-state index contributed by atoms with van der Waals surface area (Å²) in [5.41, 5.74) is 6.30. The minimum atomic E-state index is -0.216. The molecule has 0 atom stereocenters. The molecule has 2 rings (SSSR count). The van der Waals surface area contributed by atoms with Crippen molar-refractivity contribution in [3.05, 3.63) is 36.9 Å². The quantitative estimate of drug-likeness (QED) is 0.324. The van der Waals surface area contributed by atoms with Crippen LogP contribution >= 0.6 is 0 Å². The number of nitrogen functional groups attached to an aromatic ring is 1. The van der Waals surface area contributed by atoms with E-state index in [1.807, 2.05) is 17.8 Å². The van der Waals surface area contributed by atoms with Gasteiger partial charge in [0.05, 0.1) is 12.7 Å². The molecule has 1 amide bonds. The van der Waals surface area contributed by atoms with Crippen molar-refractivity contribution < 1.29 is 26.9 Å². The predicted molar refractivity (Wildman–Crippen MR) is 66.8 cm³/mol. The van der Waals surface area contributed by atoms with E-state index in [1.165, 1.54) is 6.07 Å². The number of hydrogen-bond acceptors (Lipinski definition) is 3. The van der Waals surface area contributed by atoms with Crippen molar-refractivity contribution >= 4 is 17.3 Å². The van der Waals surface area contributed by atoms with Crippen molar-refractivity contribution in [3.8, 4) is 5.75 Å². The monoisotopic (exact) mass is 282 g/mol. The summed E-state index contributed by atoms with van der Waals surface area (Å²) < 4.78 is 3.58. The first kappa shape index (κ1) is 14.8. The van der Waals surface area contributed by atoms with Gasteiger partial charge in [-0.25, -0.2) is 9.13 Å². The number of halogens is 1. The number of anilines is 2. The number of phenolic OH excluding ortho intramolecular Hbond substituents is 1. The minimum absolute atomic E-state index is 0. The summed E-state index contributed by atoms with van der Waals surface area (Å²) in [6, 6.07) is 4.58. The molecule has 102 valence electrons. The van der Waals surface area contributed by atoms with Crippen LogP contribution in [0, 0.1) is 0 Å². The molecule has 0 radical (unpaired) electrons. The summed E-state index contributed by atoms with van der Waals surface area (Å²) in [7, 11) is 1.88. The standard InChI is InChI=1S/C12H14N4O2.ClH/c1-15-4-5-16(8-15)7-12(18)14-10-3-2-9(13)6-11(10)17;/h2-6,8H,7,13H2,1H3,(H-,14,17,18);1H. The van der Waals surface area contributed by atoms with E-state index < -0.39 is 0 Å². The number of phenols is 1. The molecular formula is C12H15ClN4O2. The Morgan fingerprint density at radius 1 is 1.53 bits per heavy atom. The molecular weight excluding hydrogens is 268 g/mol. The van der Waals surface area contributed by atoms with Crippen LogP contribution in [0.25, 0.3) is 0 Å². The zero-order valence-corrected chi connectivity index (χ0v) is 11.1. The molecule has 6 nitrogen and oxygen atoms in total. The van der Waals surface area contributed by atoms with Gasteiger partial charge >= 0.3 is 0 Å². The van der Waals surface area contributed by atoms with Crippen molar-refractivity contribution in [2.75, 3.05) is 11.1 Å². The second-order valence-corrected chi connectivity index (χ2v) is 4.08. The lowest BCUT2D eigenvalue weighted by molar-refractivity contribution is -0.671. The molecule has 1 aromatic carbocycles. The van der Waals surface area contributed by atoms with Crippen molar-refractivity contribution in [2.45, 2.75) is 6.54 Å². The van der Waals surface area contributed by atoms with Crippen molar-refractivity contribution in [1.29, 1.82) is 0 Å². The van der Waals surface area contributed by atoms with E-state index >= 15 is 0 Å². The summed E-state index contributed by atoms with van der Waals surface area (Å²) in [5, 5.41) is 12.2. The zero-order chi connectivity index (χ0) is 13.1. The number of nitrogens with two attached hydrogens (primary N) is 1. The van der Waals surface area contributed by atoms with Crippen LogP contribution in [0.1, 0.15) is 0 Å². The van der Waals surface area contributed by atoms with Crippen molar-refractivity contribution in [2.24, 2.45) is 7.05 Å². The maximum absolute atomic E-state index is 11.7. The van der Waals surface area contributed by atoms with Crippen LogP contribution in [0.2, 0.25) is 0 Å². The Balaban J connectivity index is 0.00000180. The van der Waals surface area contributed by atoms with E-state index in [1.54, 1.807) is 29.2 Å². The SMILES string of the molecule is C[n+]1ccn(CC(=O)Nc2ccc(N)cc2O)c1.[Cl-]. The maximum atomic E-state index is 11.7. The number of carbonyl (C=O) groups is 1. The summed E-state index contributed by atoms with van der Waals surface area (Å²) in [5.74, 6) is -0.257. The van der Waals surface area contributed by atoms with Gasteiger partial charge in [-0.05, 0) is 12.1 Å². The lowest BCUT2D eigenvalue weighted by Gasteiger charge is -2.06. The van der Waals surface area contributed by atoms with Gasteiger partial charge in [0.2, 0.25) is 6.33 Å². The lowest BCUT2D eigenvalue weighted by Crippen LogP contribution is -3.00. The number of benzene rings is 1. The summed E-state index contributed by atoms with van der Waals surface area (Å²) in [4.78, 5) is 11.7. The number of nitrogens with one attached hydrogen (secondary N) is 1. The van der Waals surface area contributed by atoms with Gasteiger partial charge < -0.3 is 28.6 Å². The van der Waals surface area contributed by atoms with Gasteiger partial charge in [-0.15, -0.1) is 0 Å². The molecule has 0 saturated carbocycles. The van der Waals surface area contributed by atoms with Gasteiger partial charge in [0, 0.05) is 11.8 Å². The highest BCUT2D eigenvalue weighted by Crippen LogP contribution is 2.25. The average molecular weight is 283 g/mol. The Kier molecular flexibility index (Phi) is 4.77. The lowest BCUT2D eigenvalue weighted by atomic mass is 10.2. The first-order chi connectivity index (χ1) is 8.54. The number of aromatic hydroxyl groups is 1. The molecule has 0 saturated heterocycles. The van der Waals surface area contributed by atoms with Crippen LogP contribution < -0.4 is 28.0 Å². The van der Waals surface area contributed by atoms with E-state index in [0.29, 0.717) is 11.4 Å². The van der Waals surface area contributed by atoms with Crippen LogP contribution in [0.15, 0.2) is 36.9 Å². The normalized spacial score (nSPS) is 9.74. The summed E-state index contributed by atoms with van der Waals surface area (Å²) in [6.07, 6.45) is 5.43. The number of aryl methyl sites for hydroxylation is 1. The van der Waals surface area contributed by atoms with Gasteiger partial charge in [-0.1, -0.05) is 0 Å². The molecule has 0 spiro atoms. The fraction of sp³-hybridized carbons (Fsp3) is 0.167. The van der Waals surface area contributed by atoms with E-state index in [2.05, 4.69) is 5.32 Å². The van der Waals surface area contributed by atoms with Crippen LogP contribution in [-0.4, -0.2) is 15.6 Å². The second kappa shape index (κ2) is 6.10. The Morgan fingerprint density at radius 2 is 2.26 bits per heavy atom. The third-order valence-electron chi connectivity index (χ3n) is 2.45. The number of rotatable bonds is 3. The van der Waals surface area contributed by atoms with E-state index in [-0.39, 0.29) is 30.6 Å². The molecule has 0 aliphatic rings. The Hall–Kier alpha value is -2.21. The third kappa shape index (κ3) is 3.89. The van der Waals surface area contributed by atoms with Gasteiger partial charge in [0.15, 0.2) is 6.54 Å². The third-order valence-corrected chi connectivity index (χ3v) is 2.45. The van der Waals surface area contributed by atoms with Gasteiger partial charge in [0.25, 0.3) is 5.91 Å². The summed E-state index contributed by atoms with van der Waals surface area (Å²) >= 11 is 0. The molecule has 1 heterocycles. The van der Waals surface area contributed by atoms with Crippen molar-refractivity contribution in [1.82, 2.24) is 4.57 Å². The highest BCUT2D eigenvalue weighted by molar-refractivity contribution is 5.92. The number of hydrogen-bond donors (Lipinski definition) is 3. The smallest absolute Gasteiger partial charge is 0.266 e. The predicted octanol–water partition coefficient (Wildman–Crippen LogP) is -2.76. The number of amides is 1.